The van der Waals surface area contributed by atoms with Crippen LogP contribution < -0.4 is 21.3 Å². The van der Waals surface area contributed by atoms with Crippen LogP contribution >= 0.6 is 0 Å². The van der Waals surface area contributed by atoms with Crippen molar-refractivity contribution in [3.63, 3.8) is 0 Å². The Balaban J connectivity index is 1.22. The van der Waals surface area contributed by atoms with Crippen LogP contribution in [0.1, 0.15) is 45.3 Å². The van der Waals surface area contributed by atoms with Gasteiger partial charge in [0.05, 0.1) is 51.2 Å². The first-order chi connectivity index (χ1) is 21.8. The van der Waals surface area contributed by atoms with Crippen molar-refractivity contribution in [2.24, 2.45) is 0 Å². The minimum atomic E-state index is 0.672. The average Bonchev–Trinajstić information content (AvgIpc) is 3.86. The summed E-state index contributed by atoms with van der Waals surface area (Å²) in [6, 6.07) is 29.2. The topological polar surface area (TPSA) is 101 Å². The molecule has 0 fully saturated rings. The molecule has 0 radical (unpaired) electrons. The third-order valence-corrected chi connectivity index (χ3v) is 7.27. The molecule has 44 heavy (non-hydrogen) atoms. The van der Waals surface area contributed by atoms with Gasteiger partial charge in [0.15, 0.2) is 0 Å². The number of hydrogen-bond donors (Lipinski definition) is 4. The fourth-order valence-electron chi connectivity index (χ4n) is 5.24. The molecule has 0 aliphatic heterocycles. The molecule has 0 aliphatic carbocycles. The molecular formula is C36H38N4O4. The maximum atomic E-state index is 5.51. The Bertz CT molecular complexity index is 1410. The fourth-order valence-corrected chi connectivity index (χ4v) is 5.24. The van der Waals surface area contributed by atoms with Crippen LogP contribution in [0, 0.1) is 0 Å². The molecule has 0 unspecified atom stereocenters. The molecule has 0 spiro atoms. The van der Waals surface area contributed by atoms with Gasteiger partial charge in [0.2, 0.25) is 0 Å². The molecule has 0 atom stereocenters. The normalized spacial score (nSPS) is 11.4. The quantitative estimate of drug-likeness (QED) is 0.0912. The molecule has 4 heterocycles. The summed E-state index contributed by atoms with van der Waals surface area (Å²) >= 11 is 0. The molecule has 0 saturated heterocycles. The summed E-state index contributed by atoms with van der Waals surface area (Å²) < 4.78 is 22.0. The minimum absolute atomic E-state index is 0.672. The summed E-state index contributed by atoms with van der Waals surface area (Å²) in [6.07, 6.45) is 6.83. The third-order valence-electron chi connectivity index (χ3n) is 7.27. The number of furan rings is 4. The second kappa shape index (κ2) is 15.2. The van der Waals surface area contributed by atoms with E-state index in [2.05, 4.69) is 57.7 Å². The van der Waals surface area contributed by atoms with Gasteiger partial charge in [-0.25, -0.2) is 0 Å². The molecule has 6 rings (SSSR count). The molecule has 0 amide bonds. The summed E-state index contributed by atoms with van der Waals surface area (Å²) in [4.78, 5) is 0. The van der Waals surface area contributed by atoms with Crippen LogP contribution in [0.3, 0.4) is 0 Å². The second-order valence-corrected chi connectivity index (χ2v) is 10.8. The lowest BCUT2D eigenvalue weighted by Gasteiger charge is -2.15. The van der Waals surface area contributed by atoms with E-state index in [0.29, 0.717) is 26.2 Å². The van der Waals surface area contributed by atoms with Crippen LogP contribution in [0.15, 0.2) is 128 Å². The molecule has 2 aromatic carbocycles. The predicted molar refractivity (Wildman–Crippen MR) is 169 cm³/mol. The van der Waals surface area contributed by atoms with E-state index in [1.54, 1.807) is 25.1 Å². The Kier molecular flexibility index (Phi) is 10.2. The summed E-state index contributed by atoms with van der Waals surface area (Å²) in [7, 11) is 0. The first-order valence-corrected chi connectivity index (χ1v) is 15.0. The van der Waals surface area contributed by atoms with Crippen molar-refractivity contribution in [2.45, 2.75) is 52.4 Å². The molecule has 0 saturated carbocycles. The van der Waals surface area contributed by atoms with Gasteiger partial charge in [-0.15, -0.1) is 0 Å². The smallest absolute Gasteiger partial charge is 0.117 e. The van der Waals surface area contributed by atoms with E-state index >= 15 is 0 Å². The Morgan fingerprint density at radius 1 is 0.341 bits per heavy atom. The van der Waals surface area contributed by atoms with Crippen LogP contribution in [0.5, 0.6) is 0 Å². The van der Waals surface area contributed by atoms with Crippen molar-refractivity contribution in [1.29, 1.82) is 0 Å². The van der Waals surface area contributed by atoms with E-state index in [-0.39, 0.29) is 0 Å². The standard InChI is InChI=1S/C36H38N4O4/c1-5-33(41-9-1)23-37-19-27-13-28(20-38-24-34-6-2-10-42-34)16-31(15-27)32-17-29(21-39-25-35-7-3-11-43-35)14-30(18-32)22-40-26-36-8-4-12-44-36/h1-18,37-40H,19-26H2. The van der Waals surface area contributed by atoms with E-state index < -0.39 is 0 Å². The molecule has 4 aromatic heterocycles. The average molecular weight is 591 g/mol. The fraction of sp³-hybridized carbons (Fsp3) is 0.222. The Hall–Kier alpha value is -4.60. The molecule has 226 valence electrons. The molecular weight excluding hydrogens is 552 g/mol. The predicted octanol–water partition coefficient (Wildman–Crippen LogP) is 6.88. The van der Waals surface area contributed by atoms with Gasteiger partial charge in [-0.05, 0) is 106 Å². The number of benzene rings is 2. The lowest BCUT2D eigenvalue weighted by Crippen LogP contribution is -2.15. The van der Waals surface area contributed by atoms with Crippen molar-refractivity contribution < 1.29 is 17.7 Å². The highest BCUT2D eigenvalue weighted by atomic mass is 16.3. The van der Waals surface area contributed by atoms with Gasteiger partial charge >= 0.3 is 0 Å². The van der Waals surface area contributed by atoms with Gasteiger partial charge in [0.1, 0.15) is 23.0 Å². The van der Waals surface area contributed by atoms with Gasteiger partial charge < -0.3 is 38.9 Å². The zero-order valence-electron chi connectivity index (χ0n) is 24.7. The van der Waals surface area contributed by atoms with Gasteiger partial charge in [-0.2, -0.15) is 0 Å². The lowest BCUT2D eigenvalue weighted by molar-refractivity contribution is 0.481. The summed E-state index contributed by atoms with van der Waals surface area (Å²) in [5.74, 6) is 3.68. The van der Waals surface area contributed by atoms with Crippen molar-refractivity contribution in [2.75, 3.05) is 0 Å². The first-order valence-electron chi connectivity index (χ1n) is 15.0. The molecule has 4 N–H and O–H groups in total. The minimum Gasteiger partial charge on any atom is -0.468 e. The van der Waals surface area contributed by atoms with Crippen LogP contribution in [-0.4, -0.2) is 0 Å². The van der Waals surface area contributed by atoms with Gasteiger partial charge in [-0.3, -0.25) is 0 Å². The maximum Gasteiger partial charge on any atom is 0.117 e. The maximum absolute atomic E-state index is 5.51. The molecule has 0 bridgehead atoms. The second-order valence-electron chi connectivity index (χ2n) is 10.8. The summed E-state index contributed by atoms with van der Waals surface area (Å²) in [5, 5.41) is 14.1. The Morgan fingerprint density at radius 3 is 0.841 bits per heavy atom. The van der Waals surface area contributed by atoms with Crippen molar-refractivity contribution in [3.8, 4) is 11.1 Å². The van der Waals surface area contributed by atoms with Gasteiger partial charge in [-0.1, -0.05) is 12.1 Å². The van der Waals surface area contributed by atoms with Crippen LogP contribution in [0.25, 0.3) is 11.1 Å². The van der Waals surface area contributed by atoms with Crippen molar-refractivity contribution in [3.05, 3.63) is 155 Å². The number of hydrogen-bond acceptors (Lipinski definition) is 8. The molecule has 8 nitrogen and oxygen atoms in total. The van der Waals surface area contributed by atoms with Crippen LogP contribution in [0.2, 0.25) is 0 Å². The van der Waals surface area contributed by atoms with Crippen molar-refractivity contribution in [1.82, 2.24) is 21.3 Å². The summed E-state index contributed by atoms with van der Waals surface area (Å²) in [6.45, 7) is 5.58. The van der Waals surface area contributed by atoms with E-state index in [1.165, 1.54) is 33.4 Å². The van der Waals surface area contributed by atoms with E-state index in [4.69, 9.17) is 17.7 Å². The molecule has 0 aliphatic rings. The SMILES string of the molecule is c1coc(CNCc2cc(CNCc3ccco3)cc(-c3cc(CNCc4ccco4)cc(CNCc4ccco4)c3)c2)c1. The number of rotatable bonds is 17. The zero-order chi connectivity index (χ0) is 29.8. The zero-order valence-corrected chi connectivity index (χ0v) is 24.7. The largest absolute Gasteiger partial charge is 0.468 e. The van der Waals surface area contributed by atoms with Gasteiger partial charge in [0.25, 0.3) is 0 Å². The molecule has 8 heteroatoms. The Labute approximate surface area is 257 Å². The highest BCUT2D eigenvalue weighted by molar-refractivity contribution is 5.67. The Morgan fingerprint density at radius 2 is 0.614 bits per heavy atom. The monoisotopic (exact) mass is 590 g/mol. The third kappa shape index (κ3) is 8.72. The first kappa shape index (κ1) is 29.5. The van der Waals surface area contributed by atoms with E-state index in [0.717, 1.165) is 49.2 Å². The highest BCUT2D eigenvalue weighted by Gasteiger charge is 2.09. The van der Waals surface area contributed by atoms with Crippen LogP contribution in [0.4, 0.5) is 0 Å². The van der Waals surface area contributed by atoms with E-state index in [9.17, 15) is 0 Å². The van der Waals surface area contributed by atoms with Gasteiger partial charge in [0, 0.05) is 26.2 Å². The lowest BCUT2D eigenvalue weighted by atomic mass is 9.96. The summed E-state index contributed by atoms with van der Waals surface area (Å²) in [5.41, 5.74) is 7.20. The number of nitrogens with one attached hydrogen (secondary N) is 4. The van der Waals surface area contributed by atoms with E-state index in [1.807, 2.05) is 48.5 Å². The van der Waals surface area contributed by atoms with Crippen LogP contribution in [-0.2, 0) is 52.4 Å². The highest BCUT2D eigenvalue weighted by Crippen LogP contribution is 2.26. The van der Waals surface area contributed by atoms with Crippen molar-refractivity contribution >= 4 is 0 Å². The molecule has 6 aromatic rings.